The Labute approximate surface area is 107 Å². The minimum Gasteiger partial charge on any atom is -0.481 e. The third-order valence-corrected chi connectivity index (χ3v) is 3.79. The monoisotopic (exact) mass is 252 g/mol. The zero-order valence-corrected chi connectivity index (χ0v) is 11.7. The van der Waals surface area contributed by atoms with Gasteiger partial charge >= 0.3 is 5.97 Å². The lowest BCUT2D eigenvalue weighted by atomic mass is 9.86. The lowest BCUT2D eigenvalue weighted by molar-refractivity contribution is -0.136. The van der Waals surface area contributed by atoms with E-state index < -0.39 is 5.97 Å². The Balaban J connectivity index is 2.73. The Bertz CT molecular complexity index is 405. The summed E-state index contributed by atoms with van der Waals surface area (Å²) in [5.41, 5.74) is 2.71. The van der Waals surface area contributed by atoms with Crippen LogP contribution >= 0.6 is 11.8 Å². The van der Waals surface area contributed by atoms with Gasteiger partial charge in [-0.05, 0) is 29.5 Å². The minimum atomic E-state index is -0.735. The van der Waals surface area contributed by atoms with E-state index in [0.717, 1.165) is 0 Å². The van der Waals surface area contributed by atoms with Crippen LogP contribution in [0, 0.1) is 6.92 Å². The van der Waals surface area contributed by atoms with Crippen LogP contribution in [0.4, 0.5) is 0 Å². The maximum atomic E-state index is 10.4. The molecule has 17 heavy (non-hydrogen) atoms. The molecule has 0 atom stereocenters. The molecular weight excluding hydrogens is 232 g/mol. The maximum absolute atomic E-state index is 10.4. The number of rotatable bonds is 4. The van der Waals surface area contributed by atoms with Gasteiger partial charge in [0.25, 0.3) is 0 Å². The third-order valence-electron chi connectivity index (χ3n) is 2.61. The number of carbonyl (C=O) groups is 1. The number of hydrogen-bond acceptors (Lipinski definition) is 2. The summed E-state index contributed by atoms with van der Waals surface area (Å²) in [6.45, 7) is 8.66. The number of carboxylic acid groups (broad SMARTS) is 1. The number of carboxylic acids is 1. The second-order valence-corrected chi connectivity index (χ2v) is 6.36. The number of aliphatic carboxylic acids is 1. The molecule has 0 radical (unpaired) electrons. The predicted molar refractivity (Wildman–Crippen MR) is 72.9 cm³/mol. The first kappa shape index (κ1) is 14.1. The van der Waals surface area contributed by atoms with Crippen LogP contribution in [0.5, 0.6) is 0 Å². The largest absolute Gasteiger partial charge is 0.481 e. The molecule has 0 saturated carbocycles. The van der Waals surface area contributed by atoms with Crippen LogP contribution < -0.4 is 0 Å². The van der Waals surface area contributed by atoms with Gasteiger partial charge in [-0.2, -0.15) is 0 Å². The van der Waals surface area contributed by atoms with E-state index >= 15 is 0 Å². The van der Waals surface area contributed by atoms with Gasteiger partial charge in [-0.3, -0.25) is 4.79 Å². The van der Waals surface area contributed by atoms with Crippen LogP contribution in [-0.4, -0.2) is 16.8 Å². The topological polar surface area (TPSA) is 37.3 Å². The van der Waals surface area contributed by atoms with Crippen LogP contribution in [0.2, 0.25) is 0 Å². The van der Waals surface area contributed by atoms with Gasteiger partial charge in [0.15, 0.2) is 0 Å². The number of hydrogen-bond donors (Lipinski definition) is 1. The van der Waals surface area contributed by atoms with Crippen LogP contribution in [0.15, 0.2) is 23.1 Å². The molecule has 0 bridgehead atoms. The number of thioether (sulfide) groups is 1. The van der Waals surface area contributed by atoms with Gasteiger partial charge in [-0.15, -0.1) is 11.8 Å². The molecule has 0 fully saturated rings. The summed E-state index contributed by atoms with van der Waals surface area (Å²) >= 11 is 1.61. The van der Waals surface area contributed by atoms with Gasteiger partial charge in [0.2, 0.25) is 0 Å². The van der Waals surface area contributed by atoms with Gasteiger partial charge in [0.1, 0.15) is 0 Å². The summed E-state index contributed by atoms with van der Waals surface area (Å²) in [5, 5.41) is 8.60. The maximum Gasteiger partial charge on any atom is 0.304 e. The van der Waals surface area contributed by atoms with E-state index in [1.54, 1.807) is 11.8 Å². The van der Waals surface area contributed by atoms with E-state index in [1.807, 2.05) is 0 Å². The molecule has 1 aromatic carbocycles. The third kappa shape index (κ3) is 4.43. The Morgan fingerprint density at radius 2 is 2.00 bits per heavy atom. The van der Waals surface area contributed by atoms with E-state index in [2.05, 4.69) is 45.9 Å². The van der Waals surface area contributed by atoms with Gasteiger partial charge in [0, 0.05) is 10.6 Å². The standard InChI is InChI=1S/C14H20O2S/c1-10-9-11(14(2,3)4)5-6-12(10)17-8-7-13(15)16/h5-6,9H,7-8H2,1-4H3,(H,15,16). The Morgan fingerprint density at radius 1 is 1.35 bits per heavy atom. The summed E-state index contributed by atoms with van der Waals surface area (Å²) < 4.78 is 0. The highest BCUT2D eigenvalue weighted by Crippen LogP contribution is 2.29. The molecule has 1 aromatic rings. The molecule has 0 saturated heterocycles. The molecule has 94 valence electrons. The number of aryl methyl sites for hydroxylation is 1. The Morgan fingerprint density at radius 3 is 2.47 bits per heavy atom. The highest BCUT2D eigenvalue weighted by atomic mass is 32.2. The lowest BCUT2D eigenvalue weighted by Gasteiger charge is -2.20. The van der Waals surface area contributed by atoms with Gasteiger partial charge in [-0.1, -0.05) is 32.9 Å². The molecule has 0 amide bonds. The molecular formula is C14H20O2S. The Hall–Kier alpha value is -0.960. The fourth-order valence-electron chi connectivity index (χ4n) is 1.53. The smallest absolute Gasteiger partial charge is 0.304 e. The van der Waals surface area contributed by atoms with Crippen molar-refractivity contribution in [3.05, 3.63) is 29.3 Å². The van der Waals surface area contributed by atoms with E-state index in [0.29, 0.717) is 5.75 Å². The van der Waals surface area contributed by atoms with Crippen LogP contribution in [0.1, 0.15) is 38.3 Å². The number of benzene rings is 1. The van der Waals surface area contributed by atoms with Crippen LogP contribution in [0.25, 0.3) is 0 Å². The minimum absolute atomic E-state index is 0.162. The molecule has 1 N–H and O–H groups in total. The van der Waals surface area contributed by atoms with Crippen molar-refractivity contribution in [3.63, 3.8) is 0 Å². The van der Waals surface area contributed by atoms with Crippen molar-refractivity contribution in [2.24, 2.45) is 0 Å². The van der Waals surface area contributed by atoms with E-state index in [1.165, 1.54) is 16.0 Å². The average molecular weight is 252 g/mol. The van der Waals surface area contributed by atoms with Crippen molar-refractivity contribution in [2.45, 2.75) is 44.4 Å². The second-order valence-electron chi connectivity index (χ2n) is 5.22. The molecule has 1 rings (SSSR count). The summed E-state index contributed by atoms with van der Waals surface area (Å²) in [7, 11) is 0. The summed E-state index contributed by atoms with van der Waals surface area (Å²) in [5.74, 6) is -0.105. The van der Waals surface area contributed by atoms with E-state index in [4.69, 9.17) is 5.11 Å². The zero-order valence-electron chi connectivity index (χ0n) is 10.9. The predicted octanol–water partition coefficient (Wildman–Crippen LogP) is 3.86. The fourth-order valence-corrected chi connectivity index (χ4v) is 2.47. The molecule has 2 nitrogen and oxygen atoms in total. The van der Waals surface area contributed by atoms with Crippen LogP contribution in [0.3, 0.4) is 0 Å². The highest BCUT2D eigenvalue weighted by Gasteiger charge is 2.14. The van der Waals surface area contributed by atoms with Crippen molar-refractivity contribution in [1.29, 1.82) is 0 Å². The first-order chi connectivity index (χ1) is 7.80. The van der Waals surface area contributed by atoms with Crippen molar-refractivity contribution >= 4 is 17.7 Å². The first-order valence-corrected chi connectivity index (χ1v) is 6.75. The second kappa shape index (κ2) is 5.58. The zero-order chi connectivity index (χ0) is 13.1. The molecule has 0 aromatic heterocycles. The summed E-state index contributed by atoms with van der Waals surface area (Å²) in [4.78, 5) is 11.6. The molecule has 0 unspecified atom stereocenters. The van der Waals surface area contributed by atoms with Gasteiger partial charge in [0.05, 0.1) is 6.42 Å². The average Bonchev–Trinajstić information content (AvgIpc) is 2.18. The first-order valence-electron chi connectivity index (χ1n) is 5.76. The summed E-state index contributed by atoms with van der Waals surface area (Å²) in [6, 6.07) is 6.43. The molecule has 0 aliphatic carbocycles. The quantitative estimate of drug-likeness (QED) is 0.827. The van der Waals surface area contributed by atoms with Crippen molar-refractivity contribution in [1.82, 2.24) is 0 Å². The van der Waals surface area contributed by atoms with E-state index in [-0.39, 0.29) is 11.8 Å². The molecule has 0 heterocycles. The molecule has 3 heteroatoms. The van der Waals surface area contributed by atoms with Crippen molar-refractivity contribution < 1.29 is 9.90 Å². The SMILES string of the molecule is Cc1cc(C(C)(C)C)ccc1SCCC(=O)O. The molecule has 0 aliphatic rings. The fraction of sp³-hybridized carbons (Fsp3) is 0.500. The summed E-state index contributed by atoms with van der Waals surface area (Å²) in [6.07, 6.45) is 0.213. The molecule has 0 aliphatic heterocycles. The normalized spacial score (nSPS) is 11.5. The van der Waals surface area contributed by atoms with Gasteiger partial charge in [-0.25, -0.2) is 0 Å². The molecule has 0 spiro atoms. The van der Waals surface area contributed by atoms with Crippen molar-refractivity contribution in [3.8, 4) is 0 Å². The van der Waals surface area contributed by atoms with Crippen molar-refractivity contribution in [2.75, 3.05) is 5.75 Å². The van der Waals surface area contributed by atoms with Gasteiger partial charge < -0.3 is 5.11 Å². The van der Waals surface area contributed by atoms with Crippen LogP contribution in [-0.2, 0) is 10.2 Å². The highest BCUT2D eigenvalue weighted by molar-refractivity contribution is 7.99. The van der Waals surface area contributed by atoms with E-state index in [9.17, 15) is 4.79 Å². The Kier molecular flexibility index (Phi) is 4.63. The lowest BCUT2D eigenvalue weighted by Crippen LogP contribution is -2.11.